The van der Waals surface area contributed by atoms with Gasteiger partial charge in [-0.3, -0.25) is 4.57 Å². The summed E-state index contributed by atoms with van der Waals surface area (Å²) in [4.78, 5) is 4.50. The van der Waals surface area contributed by atoms with Gasteiger partial charge in [0.05, 0.1) is 16.4 Å². The summed E-state index contributed by atoms with van der Waals surface area (Å²) in [5.74, 6) is 1.33. The summed E-state index contributed by atoms with van der Waals surface area (Å²) in [5.41, 5.74) is 2.74. The van der Waals surface area contributed by atoms with Gasteiger partial charge in [-0.15, -0.1) is 0 Å². The third-order valence-corrected chi connectivity index (χ3v) is 3.69. The van der Waals surface area contributed by atoms with Gasteiger partial charge in [-0.2, -0.15) is 0 Å². The van der Waals surface area contributed by atoms with E-state index in [0.29, 0.717) is 16.0 Å². The van der Waals surface area contributed by atoms with E-state index in [1.54, 1.807) is 0 Å². The lowest BCUT2D eigenvalue weighted by Crippen LogP contribution is -2.12. The van der Waals surface area contributed by atoms with Gasteiger partial charge in [-0.05, 0) is 37.5 Å². The normalized spacial score (nSPS) is 11.2. The van der Waals surface area contributed by atoms with Crippen molar-refractivity contribution in [2.45, 2.75) is 27.7 Å². The zero-order valence-corrected chi connectivity index (χ0v) is 13.7. The van der Waals surface area contributed by atoms with E-state index in [4.69, 9.17) is 23.2 Å². The molecule has 0 aliphatic carbocycles. The van der Waals surface area contributed by atoms with Crippen LogP contribution in [-0.4, -0.2) is 16.1 Å². The highest BCUT2D eigenvalue weighted by molar-refractivity contribution is 6.35. The van der Waals surface area contributed by atoms with Crippen molar-refractivity contribution in [2.24, 2.45) is 5.92 Å². The molecule has 0 aliphatic heterocycles. The van der Waals surface area contributed by atoms with E-state index in [0.717, 1.165) is 29.4 Å². The summed E-state index contributed by atoms with van der Waals surface area (Å²) in [7, 11) is 0. The van der Waals surface area contributed by atoms with Crippen LogP contribution < -0.4 is 5.32 Å². The number of imidazole rings is 1. The average Bonchev–Trinajstić information content (AvgIpc) is 2.72. The van der Waals surface area contributed by atoms with Crippen LogP contribution in [0.5, 0.6) is 0 Å². The first-order valence-electron chi connectivity index (χ1n) is 6.64. The third-order valence-electron chi connectivity index (χ3n) is 2.98. The predicted molar refractivity (Wildman–Crippen MR) is 86.4 cm³/mol. The molecule has 1 aromatic heterocycles. The van der Waals surface area contributed by atoms with Crippen LogP contribution in [0.3, 0.4) is 0 Å². The second-order valence-electron chi connectivity index (χ2n) is 5.40. The molecule has 0 unspecified atom stereocenters. The Balaban J connectivity index is 2.44. The fourth-order valence-electron chi connectivity index (χ4n) is 1.92. The van der Waals surface area contributed by atoms with Crippen molar-refractivity contribution in [1.29, 1.82) is 0 Å². The highest BCUT2D eigenvalue weighted by atomic mass is 35.5. The summed E-state index contributed by atoms with van der Waals surface area (Å²) < 4.78 is 1.95. The molecule has 0 radical (unpaired) electrons. The van der Waals surface area contributed by atoms with Gasteiger partial charge in [0.25, 0.3) is 0 Å². The molecule has 0 aliphatic rings. The lowest BCUT2D eigenvalue weighted by Gasteiger charge is -2.13. The number of nitrogens with zero attached hydrogens (tertiary/aromatic N) is 2. The Morgan fingerprint density at radius 1 is 1.20 bits per heavy atom. The summed E-state index contributed by atoms with van der Waals surface area (Å²) >= 11 is 12.6. The number of aryl methyl sites for hydroxylation is 2. The molecule has 1 heterocycles. The number of anilines is 1. The van der Waals surface area contributed by atoms with Gasteiger partial charge in [0, 0.05) is 17.8 Å². The van der Waals surface area contributed by atoms with Gasteiger partial charge >= 0.3 is 0 Å². The fraction of sp³-hybridized carbons (Fsp3) is 0.400. The molecule has 2 rings (SSSR count). The van der Waals surface area contributed by atoms with Crippen LogP contribution in [0.2, 0.25) is 10.0 Å². The summed E-state index contributed by atoms with van der Waals surface area (Å²) in [6.45, 7) is 9.06. The van der Waals surface area contributed by atoms with Crippen LogP contribution in [0.25, 0.3) is 5.69 Å². The van der Waals surface area contributed by atoms with Gasteiger partial charge in [-0.25, -0.2) is 4.98 Å². The topological polar surface area (TPSA) is 29.9 Å². The molecular weight excluding hydrogens is 293 g/mol. The largest absolute Gasteiger partial charge is 0.355 e. The molecule has 0 fully saturated rings. The highest BCUT2D eigenvalue weighted by Crippen LogP contribution is 2.30. The number of nitrogens with one attached hydrogen (secondary N) is 1. The molecule has 0 atom stereocenters. The lowest BCUT2D eigenvalue weighted by atomic mass is 10.2. The number of benzene rings is 1. The molecule has 5 heteroatoms. The minimum absolute atomic E-state index is 0.539. The van der Waals surface area contributed by atoms with Crippen molar-refractivity contribution >= 4 is 29.2 Å². The van der Waals surface area contributed by atoms with Crippen molar-refractivity contribution in [3.63, 3.8) is 0 Å². The molecule has 1 N–H and O–H groups in total. The molecule has 0 bridgehead atoms. The zero-order valence-electron chi connectivity index (χ0n) is 12.2. The molecule has 2 aromatic rings. The number of aromatic nitrogens is 2. The highest BCUT2D eigenvalue weighted by Gasteiger charge is 2.12. The summed E-state index contributed by atoms with van der Waals surface area (Å²) in [5, 5.41) is 4.71. The summed E-state index contributed by atoms with van der Waals surface area (Å²) in [6, 6.07) is 3.75. The Hall–Kier alpha value is -1.19. The molecule has 1 aromatic carbocycles. The van der Waals surface area contributed by atoms with Crippen LogP contribution in [0, 0.1) is 19.8 Å². The van der Waals surface area contributed by atoms with Gasteiger partial charge in [-0.1, -0.05) is 37.0 Å². The molecular formula is C15H19Cl2N3. The van der Waals surface area contributed by atoms with Crippen LogP contribution >= 0.6 is 23.2 Å². The Morgan fingerprint density at radius 2 is 1.90 bits per heavy atom. The van der Waals surface area contributed by atoms with Gasteiger partial charge in [0.15, 0.2) is 0 Å². The second kappa shape index (κ2) is 6.06. The van der Waals surface area contributed by atoms with Crippen molar-refractivity contribution in [3.8, 4) is 5.69 Å². The molecule has 0 saturated heterocycles. The Bertz CT molecular complexity index is 618. The Kier molecular flexibility index (Phi) is 4.61. The van der Waals surface area contributed by atoms with E-state index in [2.05, 4.69) is 24.1 Å². The quantitative estimate of drug-likeness (QED) is 0.873. The van der Waals surface area contributed by atoms with Gasteiger partial charge in [0.1, 0.15) is 0 Å². The minimum Gasteiger partial charge on any atom is -0.355 e. The van der Waals surface area contributed by atoms with Crippen molar-refractivity contribution in [3.05, 3.63) is 39.6 Å². The lowest BCUT2D eigenvalue weighted by molar-refractivity contribution is 0.683. The number of halogens is 2. The standard InChI is InChI=1S/C15H19Cl2N3/c1-9(2)7-18-15-19-11(4)8-20(15)14-6-12(16)10(3)5-13(14)17/h5-6,8-9H,7H2,1-4H3,(H,18,19). The van der Waals surface area contributed by atoms with E-state index in [-0.39, 0.29) is 0 Å². The van der Waals surface area contributed by atoms with E-state index in [9.17, 15) is 0 Å². The van der Waals surface area contributed by atoms with Gasteiger partial charge in [0.2, 0.25) is 5.95 Å². The van der Waals surface area contributed by atoms with Crippen molar-refractivity contribution in [2.75, 3.05) is 11.9 Å². The molecule has 3 nitrogen and oxygen atoms in total. The van der Waals surface area contributed by atoms with E-state index < -0.39 is 0 Å². The van der Waals surface area contributed by atoms with E-state index in [1.807, 2.05) is 36.7 Å². The maximum atomic E-state index is 6.34. The molecule has 0 amide bonds. The predicted octanol–water partition coefficient (Wildman–Crippen LogP) is 4.86. The molecule has 0 saturated carbocycles. The van der Waals surface area contributed by atoms with Gasteiger partial charge < -0.3 is 5.32 Å². The molecule has 20 heavy (non-hydrogen) atoms. The monoisotopic (exact) mass is 311 g/mol. The first kappa shape index (κ1) is 15.2. The van der Waals surface area contributed by atoms with Crippen LogP contribution in [0.15, 0.2) is 18.3 Å². The second-order valence-corrected chi connectivity index (χ2v) is 6.22. The SMILES string of the molecule is Cc1cn(-c2cc(Cl)c(C)cc2Cl)c(NCC(C)C)n1. The van der Waals surface area contributed by atoms with E-state index in [1.165, 1.54) is 0 Å². The first-order valence-corrected chi connectivity index (χ1v) is 7.40. The number of rotatable bonds is 4. The Morgan fingerprint density at radius 3 is 2.55 bits per heavy atom. The van der Waals surface area contributed by atoms with Crippen LogP contribution in [0.4, 0.5) is 5.95 Å². The minimum atomic E-state index is 0.539. The smallest absolute Gasteiger partial charge is 0.207 e. The van der Waals surface area contributed by atoms with Crippen LogP contribution in [0.1, 0.15) is 25.1 Å². The third kappa shape index (κ3) is 3.28. The number of hydrogen-bond acceptors (Lipinski definition) is 2. The fourth-order valence-corrected chi connectivity index (χ4v) is 2.39. The number of hydrogen-bond donors (Lipinski definition) is 1. The van der Waals surface area contributed by atoms with E-state index >= 15 is 0 Å². The Labute approximate surface area is 129 Å². The maximum absolute atomic E-state index is 6.34. The maximum Gasteiger partial charge on any atom is 0.207 e. The molecule has 0 spiro atoms. The van der Waals surface area contributed by atoms with Crippen LogP contribution in [-0.2, 0) is 0 Å². The summed E-state index contributed by atoms with van der Waals surface area (Å²) in [6.07, 6.45) is 1.95. The first-order chi connectivity index (χ1) is 9.38. The zero-order chi connectivity index (χ0) is 14.9. The molecule has 108 valence electrons. The van der Waals surface area contributed by atoms with Crippen molar-refractivity contribution < 1.29 is 0 Å². The van der Waals surface area contributed by atoms with Crippen molar-refractivity contribution in [1.82, 2.24) is 9.55 Å². The average molecular weight is 312 g/mol.